The predicted molar refractivity (Wildman–Crippen MR) is 63.3 cm³/mol. The van der Waals surface area contributed by atoms with Crippen molar-refractivity contribution in [2.75, 3.05) is 0 Å². The van der Waals surface area contributed by atoms with Crippen LogP contribution in [-0.2, 0) is 17.5 Å². The van der Waals surface area contributed by atoms with E-state index in [1.54, 1.807) is 6.92 Å². The minimum atomic E-state index is -4.65. The van der Waals surface area contributed by atoms with Gasteiger partial charge in [0.1, 0.15) is 6.61 Å². The van der Waals surface area contributed by atoms with Crippen molar-refractivity contribution in [3.63, 3.8) is 0 Å². The fourth-order valence-corrected chi connectivity index (χ4v) is 1.51. The molecule has 0 radical (unpaired) electrons. The molecular formula is C11H10F3N5O2. The van der Waals surface area contributed by atoms with Gasteiger partial charge in [-0.2, -0.15) is 18.3 Å². The summed E-state index contributed by atoms with van der Waals surface area (Å²) in [6.45, 7) is 1.42. The van der Waals surface area contributed by atoms with Gasteiger partial charge in [-0.25, -0.2) is 19.4 Å². The Labute approximate surface area is 116 Å². The summed E-state index contributed by atoms with van der Waals surface area (Å²) < 4.78 is 43.5. The van der Waals surface area contributed by atoms with Gasteiger partial charge < -0.3 is 10.5 Å². The molecule has 0 unspecified atom stereocenters. The lowest BCUT2D eigenvalue weighted by atomic mass is 10.3. The fourth-order valence-electron chi connectivity index (χ4n) is 1.51. The summed E-state index contributed by atoms with van der Waals surface area (Å²) in [5, 5.41) is 3.88. The Morgan fingerprint density at radius 2 is 2.14 bits per heavy atom. The Balaban J connectivity index is 2.31. The van der Waals surface area contributed by atoms with E-state index in [1.165, 1.54) is 12.4 Å². The average molecular weight is 301 g/mol. The van der Waals surface area contributed by atoms with Crippen molar-refractivity contribution < 1.29 is 22.7 Å². The maximum atomic E-state index is 12.6. The van der Waals surface area contributed by atoms with Crippen molar-refractivity contribution in [3.8, 4) is 5.82 Å². The molecule has 2 N–H and O–H groups in total. The number of rotatable bonds is 3. The van der Waals surface area contributed by atoms with Crippen LogP contribution in [0.3, 0.4) is 0 Å². The van der Waals surface area contributed by atoms with Crippen molar-refractivity contribution in [1.29, 1.82) is 0 Å². The number of nitrogens with zero attached hydrogens (tertiary/aromatic N) is 4. The molecule has 0 aliphatic heterocycles. The standard InChI is InChI=1S/C11H10F3N5O2/c1-6-2-16-9(11(12,13)14)18-8(6)19-4-7(3-17-19)5-21-10(15)20/h2-4H,5H2,1H3,(H2,15,20). The van der Waals surface area contributed by atoms with Crippen LogP contribution < -0.4 is 5.73 Å². The highest BCUT2D eigenvalue weighted by atomic mass is 19.4. The van der Waals surface area contributed by atoms with Crippen LogP contribution in [-0.4, -0.2) is 25.8 Å². The Morgan fingerprint density at radius 3 is 2.76 bits per heavy atom. The van der Waals surface area contributed by atoms with E-state index in [0.29, 0.717) is 11.1 Å². The second-order valence-electron chi connectivity index (χ2n) is 4.10. The number of hydrogen-bond donors (Lipinski definition) is 1. The minimum Gasteiger partial charge on any atom is -0.445 e. The normalized spacial score (nSPS) is 11.4. The second-order valence-corrected chi connectivity index (χ2v) is 4.10. The number of aromatic nitrogens is 4. The molecule has 2 aromatic rings. The lowest BCUT2D eigenvalue weighted by molar-refractivity contribution is -0.145. The lowest BCUT2D eigenvalue weighted by Gasteiger charge is -2.09. The van der Waals surface area contributed by atoms with Crippen LogP contribution >= 0.6 is 0 Å². The van der Waals surface area contributed by atoms with Crippen molar-refractivity contribution in [1.82, 2.24) is 19.7 Å². The number of alkyl halides is 3. The molecule has 112 valence electrons. The molecule has 0 spiro atoms. The number of nitrogens with two attached hydrogens (primary N) is 1. The first kappa shape index (κ1) is 14.8. The van der Waals surface area contributed by atoms with Gasteiger partial charge in [0.05, 0.1) is 6.20 Å². The number of hydrogen-bond acceptors (Lipinski definition) is 5. The summed E-state index contributed by atoms with van der Waals surface area (Å²) in [6.07, 6.45) is -1.82. The maximum Gasteiger partial charge on any atom is 0.451 e. The zero-order valence-electron chi connectivity index (χ0n) is 10.8. The van der Waals surface area contributed by atoms with E-state index in [1.807, 2.05) is 0 Å². The molecule has 0 bridgehead atoms. The number of carbonyl (C=O) groups is 1. The van der Waals surface area contributed by atoms with Crippen LogP contribution in [0.25, 0.3) is 5.82 Å². The summed E-state index contributed by atoms with van der Waals surface area (Å²) >= 11 is 0. The third kappa shape index (κ3) is 3.46. The van der Waals surface area contributed by atoms with Crippen LogP contribution in [0.2, 0.25) is 0 Å². The van der Waals surface area contributed by atoms with Gasteiger partial charge in [0.2, 0.25) is 5.82 Å². The molecule has 2 heterocycles. The van der Waals surface area contributed by atoms with Crippen molar-refractivity contribution in [2.24, 2.45) is 5.73 Å². The van der Waals surface area contributed by atoms with Gasteiger partial charge >= 0.3 is 12.3 Å². The van der Waals surface area contributed by atoms with Gasteiger partial charge in [0.25, 0.3) is 0 Å². The molecular weight excluding hydrogens is 291 g/mol. The van der Waals surface area contributed by atoms with Crippen LogP contribution in [0.5, 0.6) is 0 Å². The highest BCUT2D eigenvalue weighted by Crippen LogP contribution is 2.27. The first-order chi connectivity index (χ1) is 9.77. The summed E-state index contributed by atoms with van der Waals surface area (Å²) in [4.78, 5) is 17.2. The van der Waals surface area contributed by atoms with E-state index in [2.05, 4.69) is 19.8 Å². The monoisotopic (exact) mass is 301 g/mol. The molecule has 0 saturated carbocycles. The zero-order chi connectivity index (χ0) is 15.6. The number of aryl methyl sites for hydroxylation is 1. The molecule has 0 atom stereocenters. The number of halogens is 3. The van der Waals surface area contributed by atoms with Crippen molar-refractivity contribution in [3.05, 3.63) is 35.5 Å². The van der Waals surface area contributed by atoms with E-state index in [-0.39, 0.29) is 12.4 Å². The largest absolute Gasteiger partial charge is 0.451 e. The lowest BCUT2D eigenvalue weighted by Crippen LogP contribution is -2.14. The van der Waals surface area contributed by atoms with Gasteiger partial charge in [-0.3, -0.25) is 0 Å². The van der Waals surface area contributed by atoms with Crippen LogP contribution in [0, 0.1) is 6.92 Å². The van der Waals surface area contributed by atoms with E-state index in [9.17, 15) is 18.0 Å². The minimum absolute atomic E-state index is 0.0114. The second kappa shape index (κ2) is 5.38. The number of amides is 1. The van der Waals surface area contributed by atoms with Crippen LogP contribution in [0.15, 0.2) is 18.6 Å². The Kier molecular flexibility index (Phi) is 3.78. The van der Waals surface area contributed by atoms with E-state index in [0.717, 1.165) is 10.9 Å². The molecule has 0 aliphatic rings. The zero-order valence-corrected chi connectivity index (χ0v) is 10.8. The summed E-state index contributed by atoms with van der Waals surface area (Å²) in [7, 11) is 0. The highest BCUT2D eigenvalue weighted by molar-refractivity contribution is 5.64. The van der Waals surface area contributed by atoms with Gasteiger partial charge in [0, 0.05) is 23.5 Å². The van der Waals surface area contributed by atoms with Crippen molar-refractivity contribution in [2.45, 2.75) is 19.7 Å². The summed E-state index contributed by atoms with van der Waals surface area (Å²) in [5.74, 6) is -1.27. The Hall–Kier alpha value is -2.65. The molecule has 2 aromatic heterocycles. The maximum absolute atomic E-state index is 12.6. The number of ether oxygens (including phenoxy) is 1. The molecule has 1 amide bonds. The molecule has 21 heavy (non-hydrogen) atoms. The van der Waals surface area contributed by atoms with Crippen LogP contribution in [0.1, 0.15) is 17.0 Å². The molecule has 7 nitrogen and oxygen atoms in total. The van der Waals surface area contributed by atoms with Gasteiger partial charge in [0.15, 0.2) is 5.82 Å². The third-order valence-electron chi connectivity index (χ3n) is 2.43. The van der Waals surface area contributed by atoms with Crippen molar-refractivity contribution >= 4 is 6.09 Å². The number of primary amides is 1. The number of carbonyl (C=O) groups excluding carboxylic acids is 1. The van der Waals surface area contributed by atoms with Gasteiger partial charge in [-0.1, -0.05) is 0 Å². The summed E-state index contributed by atoms with van der Waals surface area (Å²) in [6, 6.07) is 0. The molecule has 0 aromatic carbocycles. The van der Waals surface area contributed by atoms with Gasteiger partial charge in [-0.15, -0.1) is 0 Å². The first-order valence-corrected chi connectivity index (χ1v) is 5.64. The SMILES string of the molecule is Cc1cnc(C(F)(F)F)nc1-n1cc(COC(N)=O)cn1. The smallest absolute Gasteiger partial charge is 0.445 e. The molecule has 2 rings (SSSR count). The average Bonchev–Trinajstić information content (AvgIpc) is 2.84. The molecule has 0 saturated heterocycles. The van der Waals surface area contributed by atoms with E-state index >= 15 is 0 Å². The fraction of sp³-hybridized carbons (Fsp3) is 0.273. The molecule has 0 aliphatic carbocycles. The predicted octanol–water partition coefficient (Wildman–Crippen LogP) is 1.58. The topological polar surface area (TPSA) is 95.9 Å². The first-order valence-electron chi connectivity index (χ1n) is 5.64. The molecule has 10 heteroatoms. The molecule has 0 fully saturated rings. The van der Waals surface area contributed by atoms with E-state index in [4.69, 9.17) is 5.73 Å². The third-order valence-corrected chi connectivity index (χ3v) is 2.43. The Morgan fingerprint density at radius 1 is 1.43 bits per heavy atom. The van der Waals surface area contributed by atoms with Gasteiger partial charge in [-0.05, 0) is 6.92 Å². The summed E-state index contributed by atoms with van der Waals surface area (Å²) in [5.41, 5.74) is 5.69. The van der Waals surface area contributed by atoms with Crippen LogP contribution in [0.4, 0.5) is 18.0 Å². The van der Waals surface area contributed by atoms with E-state index < -0.39 is 18.1 Å². The Bertz CT molecular complexity index is 668. The quantitative estimate of drug-likeness (QED) is 0.928. The highest BCUT2D eigenvalue weighted by Gasteiger charge is 2.35.